The van der Waals surface area contributed by atoms with Gasteiger partial charge in [0.2, 0.25) is 5.95 Å². The van der Waals surface area contributed by atoms with Crippen molar-refractivity contribution in [1.82, 2.24) is 9.97 Å². The van der Waals surface area contributed by atoms with Crippen LogP contribution >= 0.6 is 0 Å². The Morgan fingerprint density at radius 2 is 1.85 bits per heavy atom. The second-order valence-corrected chi connectivity index (χ2v) is 4.31. The van der Waals surface area contributed by atoms with Crippen LogP contribution < -0.4 is 5.32 Å². The van der Waals surface area contributed by atoms with Crippen LogP contribution in [0.2, 0.25) is 0 Å². The van der Waals surface area contributed by atoms with Crippen LogP contribution in [0.3, 0.4) is 0 Å². The lowest BCUT2D eigenvalue weighted by molar-refractivity contribution is -0.141. The van der Waals surface area contributed by atoms with E-state index < -0.39 is 11.9 Å². The van der Waals surface area contributed by atoms with E-state index in [1.54, 1.807) is 19.1 Å². The zero-order chi connectivity index (χ0) is 14.8. The maximum Gasteiger partial charge on any atom is 0.433 e. The number of benzene rings is 1. The van der Waals surface area contributed by atoms with E-state index in [1.807, 2.05) is 19.1 Å². The van der Waals surface area contributed by atoms with Gasteiger partial charge in [-0.15, -0.1) is 0 Å². The standard InChI is InChI=1S/C14H14F3N3/c1-3-18-13-19-11(8-12(20-13)14(15,16)17)10-7-5-4-6-9(10)2/h4-8H,3H2,1-2H3,(H,18,19,20). The van der Waals surface area contributed by atoms with E-state index in [0.717, 1.165) is 11.6 Å². The highest BCUT2D eigenvalue weighted by Crippen LogP contribution is 2.31. The molecular formula is C14H14F3N3. The van der Waals surface area contributed by atoms with Gasteiger partial charge in [-0.05, 0) is 25.5 Å². The van der Waals surface area contributed by atoms with E-state index in [1.165, 1.54) is 0 Å². The van der Waals surface area contributed by atoms with Crippen LogP contribution in [-0.2, 0) is 6.18 Å². The highest BCUT2D eigenvalue weighted by Gasteiger charge is 2.33. The first-order valence-corrected chi connectivity index (χ1v) is 6.18. The molecule has 0 atom stereocenters. The van der Waals surface area contributed by atoms with Crippen LogP contribution in [0.15, 0.2) is 30.3 Å². The molecule has 1 aromatic carbocycles. The maximum atomic E-state index is 12.9. The zero-order valence-corrected chi connectivity index (χ0v) is 11.1. The molecule has 106 valence electrons. The van der Waals surface area contributed by atoms with Crippen LogP contribution in [0.25, 0.3) is 11.3 Å². The van der Waals surface area contributed by atoms with E-state index in [4.69, 9.17) is 0 Å². The molecule has 0 aliphatic heterocycles. The summed E-state index contributed by atoms with van der Waals surface area (Å²) in [6.45, 7) is 4.06. The third kappa shape index (κ3) is 3.07. The quantitative estimate of drug-likeness (QED) is 0.927. The second kappa shape index (κ2) is 5.48. The lowest BCUT2D eigenvalue weighted by Gasteiger charge is -2.12. The molecule has 2 aromatic rings. The van der Waals surface area contributed by atoms with Crippen molar-refractivity contribution in [3.63, 3.8) is 0 Å². The molecule has 1 aromatic heterocycles. The van der Waals surface area contributed by atoms with Gasteiger partial charge in [0, 0.05) is 12.1 Å². The molecule has 0 saturated carbocycles. The fraction of sp³-hybridized carbons (Fsp3) is 0.286. The Bertz CT molecular complexity index is 609. The van der Waals surface area contributed by atoms with Gasteiger partial charge in [0.1, 0.15) is 0 Å². The van der Waals surface area contributed by atoms with Crippen molar-refractivity contribution in [3.05, 3.63) is 41.6 Å². The minimum absolute atomic E-state index is 0.0134. The van der Waals surface area contributed by atoms with Crippen LogP contribution in [-0.4, -0.2) is 16.5 Å². The van der Waals surface area contributed by atoms with Crippen molar-refractivity contribution >= 4 is 5.95 Å². The molecule has 0 fully saturated rings. The van der Waals surface area contributed by atoms with E-state index >= 15 is 0 Å². The Balaban J connectivity index is 2.58. The van der Waals surface area contributed by atoms with Crippen LogP contribution in [0, 0.1) is 6.92 Å². The van der Waals surface area contributed by atoms with Gasteiger partial charge in [0.25, 0.3) is 0 Å². The smallest absolute Gasteiger partial charge is 0.354 e. The third-order valence-corrected chi connectivity index (χ3v) is 2.77. The average molecular weight is 281 g/mol. The molecule has 0 spiro atoms. The molecular weight excluding hydrogens is 267 g/mol. The monoisotopic (exact) mass is 281 g/mol. The third-order valence-electron chi connectivity index (χ3n) is 2.77. The van der Waals surface area contributed by atoms with Gasteiger partial charge in [0.15, 0.2) is 5.69 Å². The summed E-state index contributed by atoms with van der Waals surface area (Å²) in [4.78, 5) is 7.65. The molecule has 0 amide bonds. The largest absolute Gasteiger partial charge is 0.433 e. The van der Waals surface area contributed by atoms with Gasteiger partial charge in [-0.3, -0.25) is 0 Å². The Morgan fingerprint density at radius 3 is 2.45 bits per heavy atom. The minimum Gasteiger partial charge on any atom is -0.354 e. The number of halogens is 3. The Labute approximate surface area is 114 Å². The predicted molar refractivity (Wildman–Crippen MR) is 71.4 cm³/mol. The normalized spacial score (nSPS) is 11.4. The molecule has 2 rings (SSSR count). The molecule has 20 heavy (non-hydrogen) atoms. The molecule has 0 aliphatic carbocycles. The van der Waals surface area contributed by atoms with E-state index in [9.17, 15) is 13.2 Å². The van der Waals surface area contributed by atoms with Crippen molar-refractivity contribution in [2.45, 2.75) is 20.0 Å². The summed E-state index contributed by atoms with van der Waals surface area (Å²) < 4.78 is 38.7. The second-order valence-electron chi connectivity index (χ2n) is 4.31. The summed E-state index contributed by atoms with van der Waals surface area (Å²) in [6, 6.07) is 8.15. The number of nitrogens with one attached hydrogen (secondary N) is 1. The van der Waals surface area contributed by atoms with E-state index in [0.29, 0.717) is 12.1 Å². The van der Waals surface area contributed by atoms with Gasteiger partial charge < -0.3 is 5.32 Å². The van der Waals surface area contributed by atoms with Gasteiger partial charge in [-0.25, -0.2) is 9.97 Å². The van der Waals surface area contributed by atoms with Gasteiger partial charge in [0.05, 0.1) is 5.69 Å². The number of rotatable bonds is 3. The Hall–Kier alpha value is -2.11. The van der Waals surface area contributed by atoms with Gasteiger partial charge in [-0.1, -0.05) is 24.3 Å². The maximum absolute atomic E-state index is 12.9. The van der Waals surface area contributed by atoms with Crippen molar-refractivity contribution in [3.8, 4) is 11.3 Å². The molecule has 1 heterocycles. The number of aromatic nitrogens is 2. The number of hydrogen-bond donors (Lipinski definition) is 1. The van der Waals surface area contributed by atoms with Crippen molar-refractivity contribution < 1.29 is 13.2 Å². The summed E-state index contributed by atoms with van der Waals surface area (Å²) >= 11 is 0. The lowest BCUT2D eigenvalue weighted by Crippen LogP contribution is -2.12. The zero-order valence-electron chi connectivity index (χ0n) is 11.1. The van der Waals surface area contributed by atoms with Crippen molar-refractivity contribution in [1.29, 1.82) is 0 Å². The van der Waals surface area contributed by atoms with E-state index in [-0.39, 0.29) is 11.6 Å². The number of alkyl halides is 3. The minimum atomic E-state index is -4.50. The van der Waals surface area contributed by atoms with Crippen molar-refractivity contribution in [2.24, 2.45) is 0 Å². The highest BCUT2D eigenvalue weighted by atomic mass is 19.4. The summed E-state index contributed by atoms with van der Waals surface area (Å²) in [7, 11) is 0. The van der Waals surface area contributed by atoms with Crippen LogP contribution in [0.1, 0.15) is 18.2 Å². The fourth-order valence-electron chi connectivity index (χ4n) is 1.83. The molecule has 0 saturated heterocycles. The topological polar surface area (TPSA) is 37.8 Å². The number of nitrogens with zero attached hydrogens (tertiary/aromatic N) is 2. The highest BCUT2D eigenvalue weighted by molar-refractivity contribution is 5.64. The molecule has 1 N–H and O–H groups in total. The first kappa shape index (κ1) is 14.3. The Morgan fingerprint density at radius 1 is 1.15 bits per heavy atom. The van der Waals surface area contributed by atoms with E-state index in [2.05, 4.69) is 15.3 Å². The fourth-order valence-corrected chi connectivity index (χ4v) is 1.83. The number of aryl methyl sites for hydroxylation is 1. The molecule has 6 heteroatoms. The molecule has 0 aliphatic rings. The number of hydrogen-bond acceptors (Lipinski definition) is 3. The molecule has 3 nitrogen and oxygen atoms in total. The first-order chi connectivity index (χ1) is 9.41. The Kier molecular flexibility index (Phi) is 3.92. The molecule has 0 unspecified atom stereocenters. The summed E-state index contributed by atoms with van der Waals surface area (Å²) in [5.41, 5.74) is 0.851. The van der Waals surface area contributed by atoms with Crippen LogP contribution in [0.4, 0.5) is 19.1 Å². The predicted octanol–water partition coefficient (Wildman–Crippen LogP) is 3.90. The van der Waals surface area contributed by atoms with Crippen LogP contribution in [0.5, 0.6) is 0 Å². The molecule has 0 bridgehead atoms. The van der Waals surface area contributed by atoms with Crippen molar-refractivity contribution in [2.75, 3.05) is 11.9 Å². The average Bonchev–Trinajstić information content (AvgIpc) is 2.38. The number of anilines is 1. The summed E-state index contributed by atoms with van der Waals surface area (Å²) in [5, 5.41) is 2.73. The first-order valence-electron chi connectivity index (χ1n) is 6.18. The van der Waals surface area contributed by atoms with Gasteiger partial charge in [-0.2, -0.15) is 13.2 Å². The SMILES string of the molecule is CCNc1nc(-c2ccccc2C)cc(C(F)(F)F)n1. The lowest BCUT2D eigenvalue weighted by atomic mass is 10.1. The van der Waals surface area contributed by atoms with Gasteiger partial charge >= 0.3 is 6.18 Å². The molecule has 0 radical (unpaired) electrons. The summed E-state index contributed by atoms with van der Waals surface area (Å²) in [5.74, 6) is -0.0134. The summed E-state index contributed by atoms with van der Waals surface area (Å²) in [6.07, 6.45) is -4.50.